The van der Waals surface area contributed by atoms with E-state index < -0.39 is 5.91 Å². The van der Waals surface area contributed by atoms with Crippen molar-refractivity contribution < 1.29 is 20.1 Å². The number of hydrazone groups is 1. The number of rotatable bonds is 3. The summed E-state index contributed by atoms with van der Waals surface area (Å²) in [5.41, 5.74) is 2.62. The van der Waals surface area contributed by atoms with Crippen molar-refractivity contribution in [3.05, 3.63) is 52.0 Å². The molecular weight excluding hydrogens is 340 g/mol. The lowest BCUT2D eigenvalue weighted by atomic mass is 10.2. The van der Waals surface area contributed by atoms with Gasteiger partial charge in [0.15, 0.2) is 0 Å². The summed E-state index contributed by atoms with van der Waals surface area (Å²) < 4.78 is 0.383. The van der Waals surface area contributed by atoms with Crippen LogP contribution in [0.2, 0.25) is 0 Å². The number of nitrogens with one attached hydrogen (secondary N) is 1. The highest BCUT2D eigenvalue weighted by Crippen LogP contribution is 2.30. The highest BCUT2D eigenvalue weighted by molar-refractivity contribution is 9.10. The lowest BCUT2D eigenvalue weighted by molar-refractivity contribution is 0.0952. The van der Waals surface area contributed by atoms with Crippen LogP contribution in [0.3, 0.4) is 0 Å². The molecule has 7 heteroatoms. The van der Waals surface area contributed by atoms with Crippen LogP contribution < -0.4 is 5.43 Å². The molecule has 0 unspecified atom stereocenters. The Balaban J connectivity index is 2.11. The van der Waals surface area contributed by atoms with Crippen LogP contribution in [0.15, 0.2) is 46.0 Å². The molecule has 0 heterocycles. The van der Waals surface area contributed by atoms with E-state index in [1.807, 2.05) is 0 Å². The molecule has 108 valence electrons. The topological polar surface area (TPSA) is 102 Å². The maximum atomic E-state index is 11.8. The predicted molar refractivity (Wildman–Crippen MR) is 80.6 cm³/mol. The number of hydrogen-bond donors (Lipinski definition) is 4. The summed E-state index contributed by atoms with van der Waals surface area (Å²) in [7, 11) is 0. The molecule has 0 saturated heterocycles. The zero-order valence-electron chi connectivity index (χ0n) is 10.6. The van der Waals surface area contributed by atoms with Crippen molar-refractivity contribution in [2.45, 2.75) is 0 Å². The number of halogens is 1. The quantitative estimate of drug-likeness (QED) is 0.503. The smallest absolute Gasteiger partial charge is 0.275 e. The fraction of sp³-hybridized carbons (Fsp3) is 0. The van der Waals surface area contributed by atoms with Gasteiger partial charge in [-0.15, -0.1) is 0 Å². The van der Waals surface area contributed by atoms with Crippen LogP contribution >= 0.6 is 15.9 Å². The molecular formula is C14H11BrN2O4. The Morgan fingerprint density at radius 3 is 2.52 bits per heavy atom. The highest BCUT2D eigenvalue weighted by Gasteiger charge is 2.09. The van der Waals surface area contributed by atoms with E-state index in [1.165, 1.54) is 24.4 Å². The first-order valence-electron chi connectivity index (χ1n) is 5.82. The second-order valence-electron chi connectivity index (χ2n) is 4.08. The van der Waals surface area contributed by atoms with Crippen LogP contribution in [0, 0.1) is 0 Å². The molecule has 0 atom stereocenters. The molecule has 0 bridgehead atoms. The van der Waals surface area contributed by atoms with Crippen LogP contribution in [0.5, 0.6) is 17.2 Å². The number of carbonyl (C=O) groups excluding carboxylic acids is 1. The molecule has 0 aliphatic rings. The predicted octanol–water partition coefficient (Wildman–Crippen LogP) is 2.33. The molecule has 0 aliphatic carbocycles. The van der Waals surface area contributed by atoms with Gasteiger partial charge in [0.05, 0.1) is 16.3 Å². The largest absolute Gasteiger partial charge is 0.507 e. The molecule has 0 aromatic heterocycles. The van der Waals surface area contributed by atoms with Gasteiger partial charge in [-0.2, -0.15) is 5.10 Å². The number of carbonyl (C=O) groups is 1. The lowest BCUT2D eigenvalue weighted by Gasteiger charge is -2.03. The van der Waals surface area contributed by atoms with Crippen molar-refractivity contribution in [2.24, 2.45) is 5.10 Å². The second-order valence-corrected chi connectivity index (χ2v) is 4.93. The molecule has 4 N–H and O–H groups in total. The number of amides is 1. The van der Waals surface area contributed by atoms with Crippen LogP contribution in [-0.2, 0) is 0 Å². The van der Waals surface area contributed by atoms with E-state index in [9.17, 15) is 20.1 Å². The van der Waals surface area contributed by atoms with Crippen molar-refractivity contribution in [2.75, 3.05) is 0 Å². The Morgan fingerprint density at radius 2 is 1.81 bits per heavy atom. The van der Waals surface area contributed by atoms with E-state index in [0.717, 1.165) is 6.07 Å². The Hall–Kier alpha value is -2.54. The molecule has 0 saturated carbocycles. The average molecular weight is 351 g/mol. The molecule has 0 fully saturated rings. The van der Waals surface area contributed by atoms with Gasteiger partial charge in [-0.3, -0.25) is 4.79 Å². The maximum Gasteiger partial charge on any atom is 0.275 e. The first kappa shape index (κ1) is 14.9. The van der Waals surface area contributed by atoms with Gasteiger partial charge in [0.25, 0.3) is 5.91 Å². The first-order valence-corrected chi connectivity index (χ1v) is 6.61. The van der Waals surface area contributed by atoms with Crippen LogP contribution in [0.4, 0.5) is 0 Å². The number of aromatic hydroxyl groups is 3. The van der Waals surface area contributed by atoms with E-state index in [1.54, 1.807) is 12.1 Å². The van der Waals surface area contributed by atoms with E-state index >= 15 is 0 Å². The van der Waals surface area contributed by atoms with Gasteiger partial charge in [-0.25, -0.2) is 5.43 Å². The van der Waals surface area contributed by atoms with Crippen molar-refractivity contribution in [3.63, 3.8) is 0 Å². The minimum absolute atomic E-state index is 0.0887. The van der Waals surface area contributed by atoms with Gasteiger partial charge in [0, 0.05) is 11.6 Å². The van der Waals surface area contributed by atoms with Gasteiger partial charge in [-0.1, -0.05) is 12.1 Å². The average Bonchev–Trinajstić information content (AvgIpc) is 2.44. The highest BCUT2D eigenvalue weighted by atomic mass is 79.9. The summed E-state index contributed by atoms with van der Waals surface area (Å²) >= 11 is 3.10. The van der Waals surface area contributed by atoms with Crippen LogP contribution in [0.1, 0.15) is 15.9 Å². The number of nitrogens with zero attached hydrogens (tertiary/aromatic N) is 1. The summed E-state index contributed by atoms with van der Waals surface area (Å²) in [6.07, 6.45) is 1.22. The normalized spacial score (nSPS) is 10.7. The standard InChI is InChI=1S/C14H11BrN2O4/c15-10-5-8(12(19)6-13(10)20)7-16-17-14(21)9-3-1-2-4-11(9)18/h1-7,18-20H,(H,17,21)/b16-7+. The third-order valence-electron chi connectivity index (χ3n) is 2.61. The van der Waals surface area contributed by atoms with Gasteiger partial charge >= 0.3 is 0 Å². The SMILES string of the molecule is O=C(N/N=C/c1cc(Br)c(O)cc1O)c1ccccc1O. The van der Waals surface area contributed by atoms with Gasteiger partial charge in [-0.05, 0) is 34.1 Å². The molecule has 6 nitrogen and oxygen atoms in total. The molecule has 1 amide bonds. The molecule has 2 rings (SSSR count). The van der Waals surface area contributed by atoms with E-state index in [2.05, 4.69) is 26.5 Å². The van der Waals surface area contributed by atoms with Crippen molar-refractivity contribution >= 4 is 28.1 Å². The van der Waals surface area contributed by atoms with Gasteiger partial charge < -0.3 is 15.3 Å². The monoisotopic (exact) mass is 350 g/mol. The number of phenols is 3. The van der Waals surface area contributed by atoms with Gasteiger partial charge in [0.1, 0.15) is 17.2 Å². The molecule has 0 spiro atoms. The Labute approximate surface area is 128 Å². The molecule has 21 heavy (non-hydrogen) atoms. The van der Waals surface area contributed by atoms with Crippen molar-refractivity contribution in [3.8, 4) is 17.2 Å². The Kier molecular flexibility index (Phi) is 4.44. The number of phenolic OH excluding ortho intramolecular Hbond substituents is 3. The molecule has 2 aromatic rings. The summed E-state index contributed by atoms with van der Waals surface area (Å²) in [5.74, 6) is -1.03. The zero-order valence-corrected chi connectivity index (χ0v) is 12.2. The van der Waals surface area contributed by atoms with E-state index in [4.69, 9.17) is 0 Å². The fourth-order valence-corrected chi connectivity index (χ4v) is 1.92. The minimum atomic E-state index is -0.582. The number of benzene rings is 2. The Bertz CT molecular complexity index is 716. The molecule has 0 radical (unpaired) electrons. The molecule has 0 aliphatic heterocycles. The van der Waals surface area contributed by atoms with Crippen LogP contribution in [0.25, 0.3) is 0 Å². The third-order valence-corrected chi connectivity index (χ3v) is 3.25. The Morgan fingerprint density at radius 1 is 1.10 bits per heavy atom. The summed E-state index contributed by atoms with van der Waals surface area (Å²) in [6.45, 7) is 0. The summed E-state index contributed by atoms with van der Waals surface area (Å²) in [5, 5.41) is 32.2. The summed E-state index contributed by atoms with van der Waals surface area (Å²) in [6, 6.07) is 8.65. The minimum Gasteiger partial charge on any atom is -0.507 e. The number of para-hydroxylation sites is 1. The summed E-state index contributed by atoms with van der Waals surface area (Å²) in [4.78, 5) is 11.8. The first-order chi connectivity index (χ1) is 9.99. The van der Waals surface area contributed by atoms with E-state index in [0.29, 0.717) is 10.0 Å². The fourth-order valence-electron chi connectivity index (χ4n) is 1.56. The zero-order chi connectivity index (χ0) is 15.4. The van der Waals surface area contributed by atoms with Crippen molar-refractivity contribution in [1.82, 2.24) is 5.43 Å². The van der Waals surface area contributed by atoms with Gasteiger partial charge in [0.2, 0.25) is 0 Å². The second kappa shape index (κ2) is 6.27. The molecule has 2 aromatic carbocycles. The maximum absolute atomic E-state index is 11.8. The van der Waals surface area contributed by atoms with E-state index in [-0.39, 0.29) is 22.8 Å². The van der Waals surface area contributed by atoms with Crippen LogP contribution in [-0.4, -0.2) is 27.4 Å². The van der Waals surface area contributed by atoms with Crippen molar-refractivity contribution in [1.29, 1.82) is 0 Å². The number of hydrogen-bond acceptors (Lipinski definition) is 5. The third kappa shape index (κ3) is 3.51. The lowest BCUT2D eigenvalue weighted by Crippen LogP contribution is -2.17.